The molecule has 0 spiro atoms. The second-order valence-electron chi connectivity index (χ2n) is 6.14. The van der Waals surface area contributed by atoms with Crippen molar-refractivity contribution in [2.24, 2.45) is 11.3 Å². The van der Waals surface area contributed by atoms with Gasteiger partial charge in [-0.3, -0.25) is 0 Å². The number of hydrogen-bond acceptors (Lipinski definition) is 2. The molecule has 0 radical (unpaired) electrons. The van der Waals surface area contributed by atoms with Crippen LogP contribution in [0.2, 0.25) is 0 Å². The van der Waals surface area contributed by atoms with Crippen molar-refractivity contribution in [1.82, 2.24) is 0 Å². The standard InChI is InChI=1S/C13H28O2/c1-11(12(2,3)4)7-10-15-13(5,6)8-9-14/h11,14H,7-10H2,1-6H3. The van der Waals surface area contributed by atoms with E-state index in [9.17, 15) is 0 Å². The minimum atomic E-state index is -0.188. The highest BCUT2D eigenvalue weighted by Gasteiger charge is 2.22. The Morgan fingerprint density at radius 3 is 2.07 bits per heavy atom. The molecule has 1 atom stereocenters. The number of rotatable bonds is 6. The summed E-state index contributed by atoms with van der Waals surface area (Å²) in [6.45, 7) is 14.1. The lowest BCUT2D eigenvalue weighted by Crippen LogP contribution is -2.28. The van der Waals surface area contributed by atoms with E-state index in [1.807, 2.05) is 13.8 Å². The van der Waals surface area contributed by atoms with Crippen LogP contribution in [0.3, 0.4) is 0 Å². The van der Waals surface area contributed by atoms with Gasteiger partial charge in [-0.15, -0.1) is 0 Å². The quantitative estimate of drug-likeness (QED) is 0.738. The third-order valence-electron chi connectivity index (χ3n) is 3.24. The van der Waals surface area contributed by atoms with Gasteiger partial charge < -0.3 is 9.84 Å². The zero-order valence-corrected chi connectivity index (χ0v) is 11.3. The van der Waals surface area contributed by atoms with Gasteiger partial charge in [0.2, 0.25) is 0 Å². The predicted octanol–water partition coefficient (Wildman–Crippen LogP) is 3.24. The Hall–Kier alpha value is -0.0800. The normalized spacial score (nSPS) is 15.4. The summed E-state index contributed by atoms with van der Waals surface area (Å²) < 4.78 is 5.78. The van der Waals surface area contributed by atoms with Crippen molar-refractivity contribution in [3.05, 3.63) is 0 Å². The molecule has 0 fully saturated rings. The van der Waals surface area contributed by atoms with Crippen molar-refractivity contribution in [2.45, 2.75) is 60.0 Å². The van der Waals surface area contributed by atoms with Gasteiger partial charge in [0.15, 0.2) is 0 Å². The molecule has 0 aliphatic rings. The summed E-state index contributed by atoms with van der Waals surface area (Å²) in [5.41, 5.74) is 0.164. The summed E-state index contributed by atoms with van der Waals surface area (Å²) in [6, 6.07) is 0. The Morgan fingerprint density at radius 2 is 1.67 bits per heavy atom. The van der Waals surface area contributed by atoms with E-state index >= 15 is 0 Å². The fourth-order valence-corrected chi connectivity index (χ4v) is 1.29. The van der Waals surface area contributed by atoms with Crippen LogP contribution in [-0.4, -0.2) is 23.9 Å². The lowest BCUT2D eigenvalue weighted by atomic mass is 9.80. The van der Waals surface area contributed by atoms with Gasteiger partial charge in [0.1, 0.15) is 0 Å². The highest BCUT2D eigenvalue weighted by Crippen LogP contribution is 2.28. The smallest absolute Gasteiger partial charge is 0.0648 e. The van der Waals surface area contributed by atoms with Crippen LogP contribution in [0.4, 0.5) is 0 Å². The monoisotopic (exact) mass is 216 g/mol. The molecular formula is C13H28O2. The molecule has 0 amide bonds. The van der Waals surface area contributed by atoms with E-state index in [0.29, 0.717) is 17.8 Å². The molecule has 0 saturated heterocycles. The summed E-state index contributed by atoms with van der Waals surface area (Å²) >= 11 is 0. The van der Waals surface area contributed by atoms with Crippen LogP contribution >= 0.6 is 0 Å². The minimum Gasteiger partial charge on any atom is -0.396 e. The minimum absolute atomic E-state index is 0.188. The molecule has 0 aromatic heterocycles. The maximum atomic E-state index is 8.86. The third kappa shape index (κ3) is 6.91. The second kappa shape index (κ2) is 5.86. The first-order valence-corrected chi connectivity index (χ1v) is 5.94. The summed E-state index contributed by atoms with van der Waals surface area (Å²) in [5, 5.41) is 8.86. The van der Waals surface area contributed by atoms with Crippen molar-refractivity contribution in [2.75, 3.05) is 13.2 Å². The Balaban J connectivity index is 3.79. The van der Waals surface area contributed by atoms with Crippen LogP contribution < -0.4 is 0 Å². The zero-order valence-electron chi connectivity index (χ0n) is 11.3. The maximum absolute atomic E-state index is 8.86. The fourth-order valence-electron chi connectivity index (χ4n) is 1.29. The van der Waals surface area contributed by atoms with Crippen molar-refractivity contribution in [3.63, 3.8) is 0 Å². The summed E-state index contributed by atoms with van der Waals surface area (Å²) in [7, 11) is 0. The average Bonchev–Trinajstić information content (AvgIpc) is 2.01. The van der Waals surface area contributed by atoms with Crippen molar-refractivity contribution in [3.8, 4) is 0 Å². The van der Waals surface area contributed by atoms with Gasteiger partial charge >= 0.3 is 0 Å². The number of aliphatic hydroxyl groups excluding tert-OH is 1. The van der Waals surface area contributed by atoms with Gasteiger partial charge in [0.25, 0.3) is 0 Å². The molecule has 2 nitrogen and oxygen atoms in total. The van der Waals surface area contributed by atoms with E-state index in [1.165, 1.54) is 0 Å². The molecule has 1 N–H and O–H groups in total. The van der Waals surface area contributed by atoms with Gasteiger partial charge in [0.05, 0.1) is 5.60 Å². The molecule has 15 heavy (non-hydrogen) atoms. The van der Waals surface area contributed by atoms with E-state index < -0.39 is 0 Å². The van der Waals surface area contributed by atoms with Crippen LogP contribution in [-0.2, 0) is 4.74 Å². The molecule has 0 bridgehead atoms. The lowest BCUT2D eigenvalue weighted by Gasteiger charge is -2.30. The van der Waals surface area contributed by atoms with E-state index in [0.717, 1.165) is 13.0 Å². The Morgan fingerprint density at radius 1 is 1.13 bits per heavy atom. The molecule has 0 saturated carbocycles. The zero-order chi connectivity index (χ0) is 12.1. The maximum Gasteiger partial charge on any atom is 0.0648 e. The van der Waals surface area contributed by atoms with Gasteiger partial charge in [-0.1, -0.05) is 27.7 Å². The molecule has 0 rings (SSSR count). The Labute approximate surface area is 95.0 Å². The number of aliphatic hydroxyl groups is 1. The summed E-state index contributed by atoms with van der Waals surface area (Å²) in [6.07, 6.45) is 1.79. The van der Waals surface area contributed by atoms with Gasteiger partial charge in [-0.05, 0) is 38.0 Å². The van der Waals surface area contributed by atoms with Crippen molar-refractivity contribution < 1.29 is 9.84 Å². The SMILES string of the molecule is CC(CCOC(C)(C)CCO)C(C)(C)C. The van der Waals surface area contributed by atoms with Crippen LogP contribution in [0.25, 0.3) is 0 Å². The van der Waals surface area contributed by atoms with Crippen molar-refractivity contribution in [1.29, 1.82) is 0 Å². The molecular weight excluding hydrogens is 188 g/mol. The first-order chi connectivity index (χ1) is 6.69. The highest BCUT2D eigenvalue weighted by molar-refractivity contribution is 4.71. The molecule has 1 unspecified atom stereocenters. The topological polar surface area (TPSA) is 29.5 Å². The van der Waals surface area contributed by atoms with Crippen molar-refractivity contribution >= 4 is 0 Å². The molecule has 0 aliphatic carbocycles. The van der Waals surface area contributed by atoms with Gasteiger partial charge in [-0.2, -0.15) is 0 Å². The second-order valence-corrected chi connectivity index (χ2v) is 6.14. The number of hydrogen-bond donors (Lipinski definition) is 1. The number of ether oxygens (including phenoxy) is 1. The fraction of sp³-hybridized carbons (Fsp3) is 1.00. The molecule has 0 aliphatic heterocycles. The largest absolute Gasteiger partial charge is 0.396 e. The molecule has 92 valence electrons. The lowest BCUT2D eigenvalue weighted by molar-refractivity contribution is -0.0411. The van der Waals surface area contributed by atoms with Crippen LogP contribution in [0.5, 0.6) is 0 Å². The first-order valence-electron chi connectivity index (χ1n) is 5.94. The summed E-state index contributed by atoms with van der Waals surface area (Å²) in [5.74, 6) is 0.655. The van der Waals surface area contributed by atoms with Crippen LogP contribution in [0.1, 0.15) is 54.4 Å². The Kier molecular flexibility index (Phi) is 5.82. The van der Waals surface area contributed by atoms with Gasteiger partial charge in [0, 0.05) is 13.2 Å². The van der Waals surface area contributed by atoms with E-state index in [2.05, 4.69) is 27.7 Å². The van der Waals surface area contributed by atoms with Crippen LogP contribution in [0.15, 0.2) is 0 Å². The van der Waals surface area contributed by atoms with E-state index in [4.69, 9.17) is 9.84 Å². The molecule has 0 heterocycles. The molecule has 2 heteroatoms. The molecule has 0 aromatic rings. The first kappa shape index (κ1) is 14.9. The summed E-state index contributed by atoms with van der Waals surface area (Å²) in [4.78, 5) is 0. The highest BCUT2D eigenvalue weighted by atomic mass is 16.5. The Bertz CT molecular complexity index is 168. The van der Waals surface area contributed by atoms with Gasteiger partial charge in [-0.25, -0.2) is 0 Å². The van der Waals surface area contributed by atoms with E-state index in [-0.39, 0.29) is 12.2 Å². The average molecular weight is 216 g/mol. The third-order valence-corrected chi connectivity index (χ3v) is 3.24. The van der Waals surface area contributed by atoms with E-state index in [1.54, 1.807) is 0 Å². The molecule has 0 aromatic carbocycles. The van der Waals surface area contributed by atoms with Crippen LogP contribution in [0, 0.1) is 11.3 Å². The predicted molar refractivity (Wildman–Crippen MR) is 65.0 cm³/mol.